The highest BCUT2D eigenvalue weighted by Gasteiger charge is 2.19. The maximum Gasteiger partial charge on any atom is 0.148 e. The van der Waals surface area contributed by atoms with E-state index in [1.165, 1.54) is 6.07 Å². The van der Waals surface area contributed by atoms with E-state index in [0.717, 1.165) is 31.6 Å². The molecule has 0 radical (unpaired) electrons. The molecule has 0 saturated carbocycles. The third-order valence-corrected chi connectivity index (χ3v) is 3.47. The summed E-state index contributed by atoms with van der Waals surface area (Å²) in [6.45, 7) is 2.09. The van der Waals surface area contributed by atoms with Gasteiger partial charge < -0.3 is 15.3 Å². The van der Waals surface area contributed by atoms with Crippen LogP contribution in [0.5, 0.6) is 0 Å². The van der Waals surface area contributed by atoms with Crippen LogP contribution in [0.1, 0.15) is 12.8 Å². The summed E-state index contributed by atoms with van der Waals surface area (Å²) in [6.07, 6.45) is 1.57. The molecule has 2 rings (SSSR count). The minimum Gasteiger partial charge on any atom is -0.390 e. The van der Waals surface area contributed by atoms with Crippen LogP contribution in [0.15, 0.2) is 18.2 Å². The van der Waals surface area contributed by atoms with Crippen molar-refractivity contribution in [3.05, 3.63) is 24.0 Å². The Morgan fingerprint density at radius 3 is 2.78 bits per heavy atom. The molecule has 1 saturated heterocycles. The van der Waals surface area contributed by atoms with Crippen LogP contribution in [0, 0.1) is 5.82 Å². The summed E-state index contributed by atoms with van der Waals surface area (Å²) in [6, 6.07) is 4.97. The summed E-state index contributed by atoms with van der Waals surface area (Å²) in [5.41, 5.74) is 1.33. The molecule has 1 atom stereocenters. The molecule has 0 bridgehead atoms. The molecule has 2 N–H and O–H groups in total. The number of aliphatic hydroxyl groups excluding tert-OH is 1. The van der Waals surface area contributed by atoms with Gasteiger partial charge in [0.15, 0.2) is 0 Å². The van der Waals surface area contributed by atoms with Crippen molar-refractivity contribution in [1.82, 2.24) is 0 Å². The summed E-state index contributed by atoms with van der Waals surface area (Å²) in [5, 5.41) is 12.5. The number of nitrogens with zero attached hydrogens (tertiary/aromatic N) is 1. The molecular formula is C13H18ClFN2O. The second kappa shape index (κ2) is 6.25. The van der Waals surface area contributed by atoms with Gasteiger partial charge in [-0.1, -0.05) is 6.07 Å². The zero-order chi connectivity index (χ0) is 13.0. The monoisotopic (exact) mass is 272 g/mol. The average Bonchev–Trinajstić information content (AvgIpc) is 2.89. The lowest BCUT2D eigenvalue weighted by Gasteiger charge is -2.23. The minimum absolute atomic E-state index is 0.168. The molecule has 3 nitrogen and oxygen atoms in total. The number of aliphatic hydroxyl groups is 1. The molecule has 1 aromatic rings. The number of benzene rings is 1. The van der Waals surface area contributed by atoms with Crippen LogP contribution in [0.25, 0.3) is 0 Å². The molecule has 100 valence electrons. The summed E-state index contributed by atoms with van der Waals surface area (Å²) in [5.74, 6) is -0.0521. The van der Waals surface area contributed by atoms with E-state index in [1.807, 2.05) is 11.0 Å². The van der Waals surface area contributed by atoms with Gasteiger partial charge in [0.25, 0.3) is 0 Å². The first kappa shape index (κ1) is 13.4. The number of halogens is 2. The summed E-state index contributed by atoms with van der Waals surface area (Å²) in [7, 11) is 0. The molecule has 1 aromatic carbocycles. The summed E-state index contributed by atoms with van der Waals surface area (Å²) >= 11 is 5.54. The molecule has 1 heterocycles. The largest absolute Gasteiger partial charge is 0.390 e. The van der Waals surface area contributed by atoms with Crippen LogP contribution in [-0.2, 0) is 0 Å². The molecule has 0 spiro atoms. The van der Waals surface area contributed by atoms with Crippen molar-refractivity contribution in [1.29, 1.82) is 0 Å². The van der Waals surface area contributed by atoms with E-state index in [-0.39, 0.29) is 11.7 Å². The standard InChI is InChI=1S/C13H18ClFN2O/c14-8-10(18)9-16-12-5-3-4-11(15)13(12)17-6-1-2-7-17/h3-5,10,16,18H,1-2,6-9H2. The smallest absolute Gasteiger partial charge is 0.148 e. The molecule has 1 aliphatic heterocycles. The number of hydrogen-bond acceptors (Lipinski definition) is 3. The Kier molecular flexibility index (Phi) is 4.66. The van der Waals surface area contributed by atoms with E-state index < -0.39 is 6.10 Å². The van der Waals surface area contributed by atoms with E-state index in [1.54, 1.807) is 6.07 Å². The van der Waals surface area contributed by atoms with E-state index >= 15 is 0 Å². The molecule has 1 unspecified atom stereocenters. The normalized spacial score (nSPS) is 16.9. The maximum absolute atomic E-state index is 13.9. The lowest BCUT2D eigenvalue weighted by atomic mass is 10.2. The third-order valence-electron chi connectivity index (χ3n) is 3.12. The molecule has 0 aromatic heterocycles. The lowest BCUT2D eigenvalue weighted by Crippen LogP contribution is -2.24. The fourth-order valence-corrected chi connectivity index (χ4v) is 2.31. The Labute approximate surface area is 112 Å². The van der Waals surface area contributed by atoms with Crippen LogP contribution in [-0.4, -0.2) is 36.7 Å². The van der Waals surface area contributed by atoms with Crippen molar-refractivity contribution in [2.24, 2.45) is 0 Å². The summed E-state index contributed by atoms with van der Waals surface area (Å²) in [4.78, 5) is 2.05. The van der Waals surface area contributed by atoms with Crippen molar-refractivity contribution in [3.8, 4) is 0 Å². The fraction of sp³-hybridized carbons (Fsp3) is 0.538. The Bertz CT molecular complexity index is 397. The SMILES string of the molecule is OC(CCl)CNc1cccc(F)c1N1CCCC1. The molecule has 18 heavy (non-hydrogen) atoms. The van der Waals surface area contributed by atoms with E-state index in [9.17, 15) is 9.50 Å². The van der Waals surface area contributed by atoms with Crippen LogP contribution in [0.2, 0.25) is 0 Å². The number of nitrogens with one attached hydrogen (secondary N) is 1. The van der Waals surface area contributed by atoms with Crippen molar-refractivity contribution in [3.63, 3.8) is 0 Å². The predicted molar refractivity (Wildman–Crippen MR) is 73.1 cm³/mol. The van der Waals surface area contributed by atoms with Crippen LogP contribution in [0.4, 0.5) is 15.8 Å². The maximum atomic E-state index is 13.9. The van der Waals surface area contributed by atoms with Gasteiger partial charge in [0.05, 0.1) is 23.4 Å². The predicted octanol–water partition coefficient (Wildman–Crippen LogP) is 2.44. The number of hydrogen-bond donors (Lipinski definition) is 2. The van der Waals surface area contributed by atoms with Gasteiger partial charge in [0.1, 0.15) is 5.82 Å². The van der Waals surface area contributed by atoms with Crippen LogP contribution >= 0.6 is 11.6 Å². The van der Waals surface area contributed by atoms with Crippen LogP contribution in [0.3, 0.4) is 0 Å². The van der Waals surface area contributed by atoms with Gasteiger partial charge in [0, 0.05) is 19.6 Å². The lowest BCUT2D eigenvalue weighted by molar-refractivity contribution is 0.211. The van der Waals surface area contributed by atoms with Crippen molar-refractivity contribution in [2.45, 2.75) is 18.9 Å². The van der Waals surface area contributed by atoms with Crippen molar-refractivity contribution < 1.29 is 9.50 Å². The number of para-hydroxylation sites is 1. The molecular weight excluding hydrogens is 255 g/mol. The van der Waals surface area contributed by atoms with E-state index in [2.05, 4.69) is 5.32 Å². The number of alkyl halides is 1. The second-order valence-corrected chi connectivity index (χ2v) is 4.83. The van der Waals surface area contributed by atoms with Gasteiger partial charge in [-0.05, 0) is 25.0 Å². The van der Waals surface area contributed by atoms with Crippen molar-refractivity contribution >= 4 is 23.0 Å². The van der Waals surface area contributed by atoms with Gasteiger partial charge in [0.2, 0.25) is 0 Å². The zero-order valence-corrected chi connectivity index (χ0v) is 11.0. The highest BCUT2D eigenvalue weighted by Crippen LogP contribution is 2.31. The molecule has 5 heteroatoms. The first-order valence-electron chi connectivity index (χ1n) is 6.23. The van der Waals surface area contributed by atoms with Crippen molar-refractivity contribution in [2.75, 3.05) is 35.7 Å². The molecule has 1 fully saturated rings. The third kappa shape index (κ3) is 3.06. The summed E-state index contributed by atoms with van der Waals surface area (Å²) < 4.78 is 13.9. The Balaban J connectivity index is 2.15. The second-order valence-electron chi connectivity index (χ2n) is 4.52. The highest BCUT2D eigenvalue weighted by atomic mass is 35.5. The molecule has 0 amide bonds. The zero-order valence-electron chi connectivity index (χ0n) is 10.2. The van der Waals surface area contributed by atoms with Gasteiger partial charge in [-0.2, -0.15) is 0 Å². The first-order valence-corrected chi connectivity index (χ1v) is 6.77. The minimum atomic E-state index is -0.624. The number of rotatable bonds is 5. The van der Waals surface area contributed by atoms with Gasteiger partial charge in [-0.25, -0.2) is 4.39 Å². The number of anilines is 2. The highest BCUT2D eigenvalue weighted by molar-refractivity contribution is 6.18. The van der Waals surface area contributed by atoms with Gasteiger partial charge in [-0.15, -0.1) is 11.6 Å². The quantitative estimate of drug-likeness (QED) is 0.808. The van der Waals surface area contributed by atoms with Crippen LogP contribution < -0.4 is 10.2 Å². The topological polar surface area (TPSA) is 35.5 Å². The van der Waals surface area contributed by atoms with Gasteiger partial charge >= 0.3 is 0 Å². The molecule has 1 aliphatic rings. The Morgan fingerprint density at radius 1 is 1.39 bits per heavy atom. The fourth-order valence-electron chi connectivity index (χ4n) is 2.20. The Hall–Kier alpha value is -1.00. The average molecular weight is 273 g/mol. The Morgan fingerprint density at radius 2 is 2.11 bits per heavy atom. The van der Waals surface area contributed by atoms with E-state index in [0.29, 0.717) is 12.2 Å². The van der Waals surface area contributed by atoms with E-state index in [4.69, 9.17) is 11.6 Å². The molecule has 0 aliphatic carbocycles. The first-order chi connectivity index (χ1) is 8.72. The van der Waals surface area contributed by atoms with Gasteiger partial charge in [-0.3, -0.25) is 0 Å².